The second kappa shape index (κ2) is 6.17. The van der Waals surface area contributed by atoms with Crippen molar-refractivity contribution in [1.29, 1.82) is 0 Å². The zero-order valence-electron chi connectivity index (χ0n) is 11.3. The molecule has 0 spiro atoms. The van der Waals surface area contributed by atoms with Crippen molar-refractivity contribution in [3.05, 3.63) is 47.5 Å². The first-order valence-corrected chi connectivity index (χ1v) is 6.88. The Balaban J connectivity index is 2.00. The normalized spacial score (nSPS) is 20.2. The standard InChI is InChI=1S/C16H24N2/c1-12(2)7-10-16(18-17)15-9-8-13-5-3-4-6-14(13)11-15/h3-6,15-16,18H,1,7-11,17H2,2H3. The molecule has 98 valence electrons. The Labute approximate surface area is 110 Å². The van der Waals surface area contributed by atoms with Gasteiger partial charge in [0, 0.05) is 6.04 Å². The van der Waals surface area contributed by atoms with Crippen molar-refractivity contribution in [2.45, 2.75) is 45.1 Å². The minimum atomic E-state index is 0.412. The van der Waals surface area contributed by atoms with Gasteiger partial charge in [-0.3, -0.25) is 11.3 Å². The van der Waals surface area contributed by atoms with E-state index in [0.29, 0.717) is 12.0 Å². The van der Waals surface area contributed by atoms with E-state index in [1.807, 2.05) is 0 Å². The molecule has 2 heteroatoms. The molecule has 1 aromatic carbocycles. The molecule has 0 radical (unpaired) electrons. The molecule has 1 aliphatic carbocycles. The first-order valence-electron chi connectivity index (χ1n) is 6.88. The maximum absolute atomic E-state index is 5.73. The molecule has 0 saturated heterocycles. The molecule has 2 nitrogen and oxygen atoms in total. The Morgan fingerprint density at radius 1 is 1.44 bits per heavy atom. The molecule has 2 atom stereocenters. The molecule has 0 saturated carbocycles. The van der Waals surface area contributed by atoms with E-state index in [4.69, 9.17) is 5.84 Å². The Morgan fingerprint density at radius 3 is 2.83 bits per heavy atom. The minimum absolute atomic E-state index is 0.412. The molecule has 2 rings (SSSR count). The van der Waals surface area contributed by atoms with Gasteiger partial charge in [-0.25, -0.2) is 0 Å². The Kier molecular flexibility index (Phi) is 4.56. The molecular formula is C16H24N2. The molecule has 0 bridgehead atoms. The summed E-state index contributed by atoms with van der Waals surface area (Å²) in [6.45, 7) is 6.06. The number of allylic oxidation sites excluding steroid dienone is 1. The van der Waals surface area contributed by atoms with Crippen molar-refractivity contribution >= 4 is 0 Å². The largest absolute Gasteiger partial charge is 0.271 e. The molecule has 0 aliphatic heterocycles. The summed E-state index contributed by atoms with van der Waals surface area (Å²) in [7, 11) is 0. The first kappa shape index (κ1) is 13.3. The monoisotopic (exact) mass is 244 g/mol. The predicted octanol–water partition coefficient (Wildman–Crippen LogP) is 2.98. The van der Waals surface area contributed by atoms with Crippen LogP contribution in [0.3, 0.4) is 0 Å². The van der Waals surface area contributed by atoms with Crippen LogP contribution >= 0.6 is 0 Å². The van der Waals surface area contributed by atoms with Crippen LogP contribution in [-0.2, 0) is 12.8 Å². The molecule has 0 heterocycles. The van der Waals surface area contributed by atoms with Crippen molar-refractivity contribution in [3.8, 4) is 0 Å². The second-order valence-corrected chi connectivity index (χ2v) is 5.54. The van der Waals surface area contributed by atoms with Crippen molar-refractivity contribution in [2.24, 2.45) is 11.8 Å². The summed E-state index contributed by atoms with van der Waals surface area (Å²) in [6.07, 6.45) is 5.74. The van der Waals surface area contributed by atoms with Crippen LogP contribution in [0.2, 0.25) is 0 Å². The quantitative estimate of drug-likeness (QED) is 0.475. The summed E-state index contributed by atoms with van der Waals surface area (Å²) in [6, 6.07) is 9.20. The van der Waals surface area contributed by atoms with E-state index < -0.39 is 0 Å². The van der Waals surface area contributed by atoms with Gasteiger partial charge in [0.2, 0.25) is 0 Å². The fourth-order valence-corrected chi connectivity index (χ4v) is 2.93. The van der Waals surface area contributed by atoms with E-state index in [-0.39, 0.29) is 0 Å². The summed E-state index contributed by atoms with van der Waals surface area (Å²) in [4.78, 5) is 0. The zero-order valence-corrected chi connectivity index (χ0v) is 11.3. The van der Waals surface area contributed by atoms with Crippen molar-refractivity contribution < 1.29 is 0 Å². The van der Waals surface area contributed by atoms with Crippen LogP contribution in [0.25, 0.3) is 0 Å². The number of nitrogens with two attached hydrogens (primary N) is 1. The van der Waals surface area contributed by atoms with Crippen molar-refractivity contribution in [3.63, 3.8) is 0 Å². The van der Waals surface area contributed by atoms with Gasteiger partial charge in [0.25, 0.3) is 0 Å². The van der Waals surface area contributed by atoms with Gasteiger partial charge in [-0.1, -0.05) is 29.8 Å². The summed E-state index contributed by atoms with van der Waals surface area (Å²) >= 11 is 0. The van der Waals surface area contributed by atoms with Gasteiger partial charge in [-0.05, 0) is 56.1 Å². The number of hydrogen-bond acceptors (Lipinski definition) is 2. The number of fused-ring (bicyclic) bond motifs is 1. The van der Waals surface area contributed by atoms with Gasteiger partial charge < -0.3 is 0 Å². The van der Waals surface area contributed by atoms with Gasteiger partial charge in [0.05, 0.1) is 0 Å². The number of nitrogens with one attached hydrogen (secondary N) is 1. The smallest absolute Gasteiger partial charge is 0.0245 e. The lowest BCUT2D eigenvalue weighted by Gasteiger charge is -2.31. The van der Waals surface area contributed by atoms with Gasteiger partial charge in [-0.2, -0.15) is 0 Å². The molecule has 18 heavy (non-hydrogen) atoms. The fraction of sp³-hybridized carbons (Fsp3) is 0.500. The number of benzene rings is 1. The summed E-state index contributed by atoms with van der Waals surface area (Å²) in [5.74, 6) is 6.39. The molecule has 1 aliphatic rings. The Bertz CT molecular complexity index is 411. The SMILES string of the molecule is C=C(C)CCC(NN)C1CCc2ccccc2C1. The molecule has 0 amide bonds. The lowest BCUT2D eigenvalue weighted by atomic mass is 9.79. The molecular weight excluding hydrogens is 220 g/mol. The summed E-state index contributed by atoms with van der Waals surface area (Å²) in [5.41, 5.74) is 7.28. The Morgan fingerprint density at radius 2 is 2.17 bits per heavy atom. The highest BCUT2D eigenvalue weighted by atomic mass is 15.2. The van der Waals surface area contributed by atoms with E-state index in [9.17, 15) is 0 Å². The van der Waals surface area contributed by atoms with E-state index in [1.165, 1.54) is 29.5 Å². The van der Waals surface area contributed by atoms with Crippen LogP contribution in [0.1, 0.15) is 37.3 Å². The van der Waals surface area contributed by atoms with Gasteiger partial charge >= 0.3 is 0 Å². The topological polar surface area (TPSA) is 38.0 Å². The molecule has 0 aromatic heterocycles. The average molecular weight is 244 g/mol. The summed E-state index contributed by atoms with van der Waals surface area (Å²) in [5, 5.41) is 0. The third-order valence-corrected chi connectivity index (χ3v) is 4.05. The predicted molar refractivity (Wildman–Crippen MR) is 77.1 cm³/mol. The molecule has 1 aromatic rings. The van der Waals surface area contributed by atoms with E-state index in [2.05, 4.69) is 43.2 Å². The maximum Gasteiger partial charge on any atom is 0.0245 e. The highest BCUT2D eigenvalue weighted by Gasteiger charge is 2.25. The van der Waals surface area contributed by atoms with E-state index in [0.717, 1.165) is 19.3 Å². The third kappa shape index (κ3) is 3.21. The van der Waals surface area contributed by atoms with Crippen molar-refractivity contribution in [1.82, 2.24) is 5.43 Å². The molecule has 2 unspecified atom stereocenters. The van der Waals surface area contributed by atoms with Gasteiger partial charge in [0.1, 0.15) is 0 Å². The number of rotatable bonds is 5. The van der Waals surface area contributed by atoms with Crippen molar-refractivity contribution in [2.75, 3.05) is 0 Å². The third-order valence-electron chi connectivity index (χ3n) is 4.05. The number of hydrogen-bond donors (Lipinski definition) is 2. The van der Waals surface area contributed by atoms with E-state index in [1.54, 1.807) is 0 Å². The van der Waals surface area contributed by atoms with E-state index >= 15 is 0 Å². The van der Waals surface area contributed by atoms with Crippen LogP contribution in [-0.4, -0.2) is 6.04 Å². The van der Waals surface area contributed by atoms with Crippen LogP contribution in [0, 0.1) is 5.92 Å². The lowest BCUT2D eigenvalue weighted by Crippen LogP contribution is -2.42. The molecule has 0 fully saturated rings. The Hall–Kier alpha value is -1.12. The highest BCUT2D eigenvalue weighted by molar-refractivity contribution is 5.30. The minimum Gasteiger partial charge on any atom is -0.271 e. The van der Waals surface area contributed by atoms with Crippen LogP contribution in [0.4, 0.5) is 0 Å². The zero-order chi connectivity index (χ0) is 13.0. The average Bonchev–Trinajstić information content (AvgIpc) is 2.39. The number of aryl methyl sites for hydroxylation is 1. The maximum atomic E-state index is 5.73. The lowest BCUT2D eigenvalue weighted by molar-refractivity contribution is 0.308. The van der Waals surface area contributed by atoms with Crippen LogP contribution in [0.5, 0.6) is 0 Å². The second-order valence-electron chi connectivity index (χ2n) is 5.54. The van der Waals surface area contributed by atoms with Crippen LogP contribution in [0.15, 0.2) is 36.4 Å². The number of hydrazine groups is 1. The molecule has 3 N–H and O–H groups in total. The van der Waals surface area contributed by atoms with Crippen LogP contribution < -0.4 is 11.3 Å². The summed E-state index contributed by atoms with van der Waals surface area (Å²) < 4.78 is 0. The highest BCUT2D eigenvalue weighted by Crippen LogP contribution is 2.29. The van der Waals surface area contributed by atoms with Gasteiger partial charge in [0.15, 0.2) is 0 Å². The first-order chi connectivity index (χ1) is 8.70. The van der Waals surface area contributed by atoms with Gasteiger partial charge in [-0.15, -0.1) is 6.58 Å². The fourth-order valence-electron chi connectivity index (χ4n) is 2.93.